The van der Waals surface area contributed by atoms with Gasteiger partial charge in [-0.3, -0.25) is 0 Å². The van der Waals surface area contributed by atoms with Gasteiger partial charge in [0.05, 0.1) is 24.8 Å². The Morgan fingerprint density at radius 1 is 1.77 bits per heavy atom. The third kappa shape index (κ3) is 2.74. The number of nitrogens with zero attached hydrogens (tertiary/aromatic N) is 2. The number of hydrogen-bond acceptors (Lipinski definition) is 3. The molecular formula is C9H12N2O2. The van der Waals surface area contributed by atoms with E-state index in [1.165, 1.54) is 6.08 Å². The topological polar surface area (TPSA) is 44.1 Å². The number of ether oxygens (including phenoxy) is 1. The molecule has 0 aliphatic rings. The summed E-state index contributed by atoms with van der Waals surface area (Å²) in [6.07, 6.45) is 6.41. The molecule has 0 saturated carbocycles. The van der Waals surface area contributed by atoms with Gasteiger partial charge in [-0.2, -0.15) is 0 Å². The molecule has 4 nitrogen and oxygen atoms in total. The molecule has 70 valence electrons. The molecule has 0 unspecified atom stereocenters. The van der Waals surface area contributed by atoms with Crippen molar-refractivity contribution >= 4 is 12.0 Å². The van der Waals surface area contributed by atoms with E-state index in [0.29, 0.717) is 6.61 Å². The van der Waals surface area contributed by atoms with E-state index in [1.54, 1.807) is 25.5 Å². The zero-order chi connectivity index (χ0) is 9.68. The van der Waals surface area contributed by atoms with Crippen molar-refractivity contribution in [2.45, 2.75) is 6.92 Å². The van der Waals surface area contributed by atoms with Gasteiger partial charge in [0, 0.05) is 13.1 Å². The summed E-state index contributed by atoms with van der Waals surface area (Å²) in [4.78, 5) is 14.8. The van der Waals surface area contributed by atoms with Gasteiger partial charge >= 0.3 is 5.97 Å². The summed E-state index contributed by atoms with van der Waals surface area (Å²) in [6, 6.07) is 0. The Morgan fingerprint density at radius 3 is 3.08 bits per heavy atom. The Morgan fingerprint density at radius 2 is 2.54 bits per heavy atom. The molecule has 1 rings (SSSR count). The number of imidazole rings is 1. The van der Waals surface area contributed by atoms with Crippen LogP contribution in [-0.4, -0.2) is 22.1 Å². The van der Waals surface area contributed by atoms with Crippen LogP contribution in [0.5, 0.6) is 0 Å². The molecule has 1 heterocycles. The van der Waals surface area contributed by atoms with E-state index in [4.69, 9.17) is 4.74 Å². The van der Waals surface area contributed by atoms with Crippen molar-refractivity contribution in [3.8, 4) is 0 Å². The molecule has 0 spiro atoms. The predicted octanol–water partition coefficient (Wildman–Crippen LogP) is 0.996. The van der Waals surface area contributed by atoms with Crippen molar-refractivity contribution in [3.05, 3.63) is 24.3 Å². The van der Waals surface area contributed by atoms with Crippen LogP contribution < -0.4 is 0 Å². The lowest BCUT2D eigenvalue weighted by atomic mass is 10.4. The summed E-state index contributed by atoms with van der Waals surface area (Å²) in [7, 11) is 1.86. The normalized spacial score (nSPS) is 10.6. The van der Waals surface area contributed by atoms with Crippen LogP contribution in [0.25, 0.3) is 6.08 Å². The van der Waals surface area contributed by atoms with Crippen LogP contribution in [0.1, 0.15) is 12.6 Å². The molecule has 0 bridgehead atoms. The highest BCUT2D eigenvalue weighted by Crippen LogP contribution is 1.99. The summed E-state index contributed by atoms with van der Waals surface area (Å²) in [5.41, 5.74) is 0.869. The van der Waals surface area contributed by atoms with E-state index in [2.05, 4.69) is 4.98 Å². The zero-order valence-corrected chi connectivity index (χ0v) is 7.73. The number of carbonyl (C=O) groups is 1. The molecule has 1 aromatic rings. The van der Waals surface area contributed by atoms with Crippen LogP contribution in [0.3, 0.4) is 0 Å². The molecule has 0 fully saturated rings. The quantitative estimate of drug-likeness (QED) is 0.514. The molecule has 0 aromatic carbocycles. The molecule has 1 aromatic heterocycles. The van der Waals surface area contributed by atoms with Crippen molar-refractivity contribution < 1.29 is 9.53 Å². The molecule has 13 heavy (non-hydrogen) atoms. The third-order valence-electron chi connectivity index (χ3n) is 1.53. The van der Waals surface area contributed by atoms with Crippen molar-refractivity contribution in [3.63, 3.8) is 0 Å². The lowest BCUT2D eigenvalue weighted by molar-refractivity contribution is -0.137. The van der Waals surface area contributed by atoms with Gasteiger partial charge in [0.1, 0.15) is 0 Å². The molecular weight excluding hydrogens is 168 g/mol. The summed E-state index contributed by atoms with van der Waals surface area (Å²) >= 11 is 0. The first-order valence-corrected chi connectivity index (χ1v) is 4.05. The first-order chi connectivity index (χ1) is 6.24. The van der Waals surface area contributed by atoms with E-state index >= 15 is 0 Å². The SMILES string of the molecule is CCOC(=O)/C=C\c1cncn1C. The lowest BCUT2D eigenvalue weighted by Crippen LogP contribution is -1.99. The maximum Gasteiger partial charge on any atom is 0.330 e. The average molecular weight is 180 g/mol. The van der Waals surface area contributed by atoms with Gasteiger partial charge in [-0.1, -0.05) is 0 Å². The molecule has 0 aliphatic carbocycles. The maximum absolute atomic E-state index is 10.9. The fourth-order valence-electron chi connectivity index (χ4n) is 0.872. The zero-order valence-electron chi connectivity index (χ0n) is 7.73. The van der Waals surface area contributed by atoms with Crippen molar-refractivity contribution in [1.82, 2.24) is 9.55 Å². The number of rotatable bonds is 3. The predicted molar refractivity (Wildman–Crippen MR) is 48.9 cm³/mol. The second-order valence-corrected chi connectivity index (χ2v) is 2.51. The van der Waals surface area contributed by atoms with Crippen LogP contribution in [0.2, 0.25) is 0 Å². The smallest absolute Gasteiger partial charge is 0.330 e. The van der Waals surface area contributed by atoms with E-state index in [0.717, 1.165) is 5.69 Å². The second-order valence-electron chi connectivity index (χ2n) is 2.51. The number of carbonyl (C=O) groups excluding carboxylic acids is 1. The minimum atomic E-state index is -0.330. The summed E-state index contributed by atoms with van der Waals surface area (Å²) < 4.78 is 6.54. The Balaban J connectivity index is 2.58. The van der Waals surface area contributed by atoms with Crippen LogP contribution in [0.15, 0.2) is 18.6 Å². The second kappa shape index (κ2) is 4.45. The van der Waals surface area contributed by atoms with Crippen LogP contribution in [0.4, 0.5) is 0 Å². The van der Waals surface area contributed by atoms with Crippen LogP contribution >= 0.6 is 0 Å². The molecule has 0 saturated heterocycles. The van der Waals surface area contributed by atoms with E-state index in [1.807, 2.05) is 11.6 Å². The van der Waals surface area contributed by atoms with Crippen molar-refractivity contribution in [2.75, 3.05) is 6.61 Å². The Bertz CT molecular complexity index is 315. The van der Waals surface area contributed by atoms with Gasteiger partial charge in [-0.05, 0) is 13.0 Å². The minimum absolute atomic E-state index is 0.330. The summed E-state index contributed by atoms with van der Waals surface area (Å²) in [5.74, 6) is -0.330. The number of aromatic nitrogens is 2. The largest absolute Gasteiger partial charge is 0.463 e. The molecule has 0 amide bonds. The fourth-order valence-corrected chi connectivity index (χ4v) is 0.872. The molecule has 0 N–H and O–H groups in total. The molecule has 0 radical (unpaired) electrons. The Kier molecular flexibility index (Phi) is 3.25. The van der Waals surface area contributed by atoms with E-state index < -0.39 is 0 Å². The summed E-state index contributed by atoms with van der Waals surface area (Å²) in [5, 5.41) is 0. The van der Waals surface area contributed by atoms with Gasteiger partial charge in [-0.25, -0.2) is 9.78 Å². The minimum Gasteiger partial charge on any atom is -0.463 e. The first kappa shape index (κ1) is 9.51. The summed E-state index contributed by atoms with van der Waals surface area (Å²) in [6.45, 7) is 2.17. The fraction of sp³-hybridized carbons (Fsp3) is 0.333. The number of esters is 1. The van der Waals surface area contributed by atoms with Gasteiger partial charge in [0.25, 0.3) is 0 Å². The Hall–Kier alpha value is -1.58. The highest BCUT2D eigenvalue weighted by atomic mass is 16.5. The number of aryl methyl sites for hydroxylation is 1. The van der Waals surface area contributed by atoms with Crippen LogP contribution in [-0.2, 0) is 16.6 Å². The molecule has 4 heteroatoms. The van der Waals surface area contributed by atoms with Crippen molar-refractivity contribution in [1.29, 1.82) is 0 Å². The highest BCUT2D eigenvalue weighted by molar-refractivity contribution is 5.86. The average Bonchev–Trinajstić information content (AvgIpc) is 2.48. The van der Waals surface area contributed by atoms with Crippen molar-refractivity contribution in [2.24, 2.45) is 7.05 Å². The van der Waals surface area contributed by atoms with E-state index in [9.17, 15) is 4.79 Å². The van der Waals surface area contributed by atoms with Gasteiger partial charge in [-0.15, -0.1) is 0 Å². The van der Waals surface area contributed by atoms with Gasteiger partial charge < -0.3 is 9.30 Å². The Labute approximate surface area is 76.8 Å². The molecule has 0 aliphatic heterocycles. The molecule has 0 atom stereocenters. The van der Waals surface area contributed by atoms with Gasteiger partial charge in [0.15, 0.2) is 0 Å². The standard InChI is InChI=1S/C9H12N2O2/c1-3-13-9(12)5-4-8-6-10-7-11(8)2/h4-7H,3H2,1-2H3/b5-4-. The number of hydrogen-bond donors (Lipinski definition) is 0. The first-order valence-electron chi connectivity index (χ1n) is 4.05. The van der Waals surface area contributed by atoms with Crippen LogP contribution in [0, 0.1) is 0 Å². The monoisotopic (exact) mass is 180 g/mol. The van der Waals surface area contributed by atoms with E-state index in [-0.39, 0.29) is 5.97 Å². The third-order valence-corrected chi connectivity index (χ3v) is 1.53. The highest BCUT2D eigenvalue weighted by Gasteiger charge is 1.95. The maximum atomic E-state index is 10.9. The van der Waals surface area contributed by atoms with Gasteiger partial charge in [0.2, 0.25) is 0 Å². The lowest BCUT2D eigenvalue weighted by Gasteiger charge is -1.95.